The quantitative estimate of drug-likeness (QED) is 0.506. The first kappa shape index (κ1) is 28.4. The van der Waals surface area contributed by atoms with Gasteiger partial charge < -0.3 is 19.3 Å². The number of hydrogen-bond donors (Lipinski definition) is 0. The van der Waals surface area contributed by atoms with Crippen molar-refractivity contribution in [3.63, 3.8) is 0 Å². The molecule has 0 saturated carbocycles. The molecular weight excluding hydrogens is 502 g/mol. The van der Waals surface area contributed by atoms with Gasteiger partial charge in [-0.05, 0) is 57.4 Å². The Morgan fingerprint density at radius 3 is 2.47 bits per heavy atom. The van der Waals surface area contributed by atoms with Gasteiger partial charge >= 0.3 is 6.09 Å². The molecule has 1 fully saturated rings. The summed E-state index contributed by atoms with van der Waals surface area (Å²) in [6.45, 7) is 12.0. The van der Waals surface area contributed by atoms with E-state index in [1.165, 1.54) is 5.56 Å². The van der Waals surface area contributed by atoms with E-state index in [0.29, 0.717) is 31.3 Å². The predicted octanol–water partition coefficient (Wildman–Crippen LogP) is 5.14. The predicted molar refractivity (Wildman–Crippen MR) is 151 cm³/mol. The molecule has 0 N–H and O–H groups in total. The summed E-state index contributed by atoms with van der Waals surface area (Å²) in [7, 11) is 1.64. The molecule has 1 unspecified atom stereocenters. The largest absolute Gasteiger partial charge is 0.444 e. The molecule has 1 saturated heterocycles. The fraction of sp³-hybridized carbons (Fsp3) is 0.533. The van der Waals surface area contributed by atoms with E-state index in [4.69, 9.17) is 21.1 Å². The normalized spacial score (nSPS) is 23.9. The van der Waals surface area contributed by atoms with Crippen LogP contribution >= 0.6 is 11.6 Å². The number of hydrogen-bond acceptors (Lipinski definition) is 5. The van der Waals surface area contributed by atoms with Crippen LogP contribution in [0, 0.1) is 0 Å². The maximum atomic E-state index is 13.9. The molecule has 2 amide bonds. The van der Waals surface area contributed by atoms with Crippen molar-refractivity contribution in [3.05, 3.63) is 64.7 Å². The highest BCUT2D eigenvalue weighted by atomic mass is 35.5. The van der Waals surface area contributed by atoms with Gasteiger partial charge in [-0.15, -0.1) is 0 Å². The first-order chi connectivity index (χ1) is 17.9. The Morgan fingerprint density at radius 2 is 1.82 bits per heavy atom. The van der Waals surface area contributed by atoms with E-state index < -0.39 is 5.60 Å². The van der Waals surface area contributed by atoms with Crippen molar-refractivity contribution in [3.8, 4) is 0 Å². The van der Waals surface area contributed by atoms with E-state index in [1.807, 2.05) is 62.9 Å². The van der Waals surface area contributed by atoms with E-state index in [2.05, 4.69) is 30.0 Å². The number of nitrogens with zero attached hydrogens (tertiary/aromatic N) is 3. The van der Waals surface area contributed by atoms with E-state index in [1.54, 1.807) is 12.0 Å². The molecule has 206 valence electrons. The Bertz CT molecular complexity index is 1150. The zero-order valence-corrected chi connectivity index (χ0v) is 24.1. The van der Waals surface area contributed by atoms with E-state index in [-0.39, 0.29) is 36.0 Å². The Labute approximate surface area is 231 Å². The molecule has 7 nitrogen and oxygen atoms in total. The molecular formula is C30H40ClN3O4. The molecule has 0 aromatic heterocycles. The Balaban J connectivity index is 1.53. The first-order valence-corrected chi connectivity index (χ1v) is 13.6. The Hall–Kier alpha value is -2.61. The summed E-state index contributed by atoms with van der Waals surface area (Å²) in [6.07, 6.45) is 0.487. The van der Waals surface area contributed by atoms with Crippen molar-refractivity contribution in [2.24, 2.45) is 0 Å². The van der Waals surface area contributed by atoms with Crippen LogP contribution in [0.2, 0.25) is 5.02 Å². The highest BCUT2D eigenvalue weighted by Crippen LogP contribution is 2.44. The summed E-state index contributed by atoms with van der Waals surface area (Å²) in [5.41, 5.74) is 2.45. The molecule has 2 aliphatic rings. The second-order valence-electron chi connectivity index (χ2n) is 11.9. The van der Waals surface area contributed by atoms with Gasteiger partial charge in [-0.3, -0.25) is 9.69 Å². The molecule has 2 aromatic rings. The second-order valence-corrected chi connectivity index (χ2v) is 12.3. The number of anilines is 1. The van der Waals surface area contributed by atoms with Crippen molar-refractivity contribution in [1.29, 1.82) is 0 Å². The zero-order valence-electron chi connectivity index (χ0n) is 23.4. The van der Waals surface area contributed by atoms with Gasteiger partial charge in [-0.25, -0.2) is 4.79 Å². The molecule has 38 heavy (non-hydrogen) atoms. The van der Waals surface area contributed by atoms with Crippen LogP contribution in [0.25, 0.3) is 0 Å². The minimum atomic E-state index is -0.572. The molecule has 2 aliphatic heterocycles. The minimum absolute atomic E-state index is 0.0179. The third-order valence-electron chi connectivity index (χ3n) is 7.43. The summed E-state index contributed by atoms with van der Waals surface area (Å²) in [5, 5.41) is 0.613. The molecule has 0 spiro atoms. The van der Waals surface area contributed by atoms with Crippen LogP contribution in [-0.4, -0.2) is 79.4 Å². The van der Waals surface area contributed by atoms with Crippen LogP contribution < -0.4 is 4.90 Å². The number of piperazine rings is 1. The number of carbonyl (C=O) groups is 2. The van der Waals surface area contributed by atoms with Crippen molar-refractivity contribution < 1.29 is 19.1 Å². The van der Waals surface area contributed by atoms with Crippen LogP contribution in [0.4, 0.5) is 10.5 Å². The van der Waals surface area contributed by atoms with Crippen molar-refractivity contribution in [1.82, 2.24) is 9.80 Å². The van der Waals surface area contributed by atoms with Gasteiger partial charge in [0.1, 0.15) is 5.60 Å². The van der Waals surface area contributed by atoms with E-state index in [9.17, 15) is 9.59 Å². The van der Waals surface area contributed by atoms with Crippen LogP contribution in [0.3, 0.4) is 0 Å². The monoisotopic (exact) mass is 541 g/mol. The van der Waals surface area contributed by atoms with Gasteiger partial charge in [0, 0.05) is 48.9 Å². The zero-order chi connectivity index (χ0) is 27.7. The lowest BCUT2D eigenvalue weighted by molar-refractivity contribution is -0.121. The van der Waals surface area contributed by atoms with Crippen molar-refractivity contribution in [2.75, 3.05) is 44.8 Å². The van der Waals surface area contributed by atoms with Gasteiger partial charge in [0.05, 0.1) is 19.2 Å². The van der Waals surface area contributed by atoms with Crippen LogP contribution in [0.1, 0.15) is 45.7 Å². The molecule has 0 radical (unpaired) electrons. The highest BCUT2D eigenvalue weighted by Gasteiger charge is 2.43. The lowest BCUT2D eigenvalue weighted by atomic mass is 9.79. The molecule has 8 heteroatoms. The summed E-state index contributed by atoms with van der Waals surface area (Å²) in [5.74, 6) is 0.0179. The molecule has 2 aromatic carbocycles. The SMILES string of the molecule is COC[C@H]1CN(C(=O)OC(C)(C)C)[C@H](C)CN1CC(=O)N1CC(C)(Cc2ccccc2)c2ccc(Cl)cc21. The number of benzene rings is 2. The Kier molecular flexibility index (Phi) is 8.40. The lowest BCUT2D eigenvalue weighted by Gasteiger charge is -2.45. The molecule has 0 bridgehead atoms. The first-order valence-electron chi connectivity index (χ1n) is 13.3. The van der Waals surface area contributed by atoms with Gasteiger partial charge in [-0.2, -0.15) is 0 Å². The number of carbonyl (C=O) groups excluding carboxylic acids is 2. The number of amides is 2. The number of fused-ring (bicyclic) bond motifs is 1. The maximum absolute atomic E-state index is 13.9. The topological polar surface area (TPSA) is 62.3 Å². The summed E-state index contributed by atoms with van der Waals surface area (Å²) < 4.78 is 11.1. The Morgan fingerprint density at radius 1 is 1.11 bits per heavy atom. The number of ether oxygens (including phenoxy) is 2. The smallest absolute Gasteiger partial charge is 0.410 e. The molecule has 4 rings (SSSR count). The third kappa shape index (κ3) is 6.33. The van der Waals surface area contributed by atoms with Crippen molar-refractivity contribution in [2.45, 2.75) is 64.1 Å². The fourth-order valence-electron chi connectivity index (χ4n) is 5.67. The summed E-state index contributed by atoms with van der Waals surface area (Å²) in [6, 6.07) is 16.0. The van der Waals surface area contributed by atoms with Gasteiger partial charge in [-0.1, -0.05) is 54.9 Å². The number of rotatable bonds is 6. The van der Waals surface area contributed by atoms with Gasteiger partial charge in [0.15, 0.2) is 0 Å². The number of halogens is 1. The number of methoxy groups -OCH3 is 1. The van der Waals surface area contributed by atoms with Crippen LogP contribution in [0.5, 0.6) is 0 Å². The standard InChI is InChI=1S/C30H40ClN3O4/c1-21-16-32(24(19-37-6)17-33(21)28(36)38-29(2,3)4)18-27(35)34-20-30(5,15-22-10-8-7-9-11-22)25-13-12-23(31)14-26(25)34/h7-14,21,24H,15-20H2,1-6H3/t21-,24-,30?/m1/s1. The van der Waals surface area contributed by atoms with E-state index >= 15 is 0 Å². The van der Waals surface area contributed by atoms with E-state index in [0.717, 1.165) is 17.7 Å². The van der Waals surface area contributed by atoms with Crippen molar-refractivity contribution >= 4 is 29.3 Å². The molecule has 3 atom stereocenters. The summed E-state index contributed by atoms with van der Waals surface area (Å²) >= 11 is 6.40. The molecule has 0 aliphatic carbocycles. The minimum Gasteiger partial charge on any atom is -0.444 e. The van der Waals surface area contributed by atoms with Crippen LogP contribution in [-0.2, 0) is 26.1 Å². The lowest BCUT2D eigenvalue weighted by Crippen LogP contribution is -2.62. The third-order valence-corrected chi connectivity index (χ3v) is 7.66. The van der Waals surface area contributed by atoms with Gasteiger partial charge in [0.2, 0.25) is 5.91 Å². The van der Waals surface area contributed by atoms with Crippen LogP contribution in [0.15, 0.2) is 48.5 Å². The summed E-state index contributed by atoms with van der Waals surface area (Å²) in [4.78, 5) is 32.5. The molecule has 2 heterocycles. The maximum Gasteiger partial charge on any atom is 0.410 e. The average molecular weight is 542 g/mol. The average Bonchev–Trinajstić information content (AvgIpc) is 3.11. The highest BCUT2D eigenvalue weighted by molar-refractivity contribution is 6.31. The van der Waals surface area contributed by atoms with Gasteiger partial charge in [0.25, 0.3) is 0 Å². The second kappa shape index (κ2) is 11.2. The fourth-order valence-corrected chi connectivity index (χ4v) is 5.83.